The van der Waals surface area contributed by atoms with Crippen LogP contribution < -0.4 is 0 Å². The monoisotopic (exact) mass is 428 g/mol. The minimum atomic E-state index is -0.712. The van der Waals surface area contributed by atoms with Crippen molar-refractivity contribution in [3.8, 4) is 0 Å². The summed E-state index contributed by atoms with van der Waals surface area (Å²) in [5.41, 5.74) is 1.52. The molecular weight excluding hydrogens is 409 g/mol. The van der Waals surface area contributed by atoms with Gasteiger partial charge in [-0.15, -0.1) is 10.2 Å². The van der Waals surface area contributed by atoms with Gasteiger partial charge in [-0.2, -0.15) is 9.61 Å². The lowest BCUT2D eigenvalue weighted by Gasteiger charge is -2.07. The Kier molecular flexibility index (Phi) is 6.06. The lowest BCUT2D eigenvalue weighted by atomic mass is 10.1. The van der Waals surface area contributed by atoms with Crippen LogP contribution in [0.5, 0.6) is 0 Å². The van der Waals surface area contributed by atoms with Gasteiger partial charge in [-0.05, 0) is 44.0 Å². The molecule has 0 unspecified atom stereocenters. The maximum absolute atomic E-state index is 14.9. The van der Waals surface area contributed by atoms with Crippen LogP contribution in [-0.2, 0) is 11.3 Å². The molecule has 0 saturated carbocycles. The summed E-state index contributed by atoms with van der Waals surface area (Å²) in [5.74, 6) is -1.12. The molecule has 4 rings (SSSR count). The molecule has 0 N–H and O–H groups in total. The Bertz CT molecular complexity index is 1260. The van der Waals surface area contributed by atoms with Gasteiger partial charge in [0.05, 0.1) is 12.2 Å². The minimum absolute atomic E-state index is 0.136. The predicted molar refractivity (Wildman–Crippen MR) is 109 cm³/mol. The molecule has 0 amide bonds. The first-order valence-corrected chi connectivity index (χ1v) is 9.74. The highest BCUT2D eigenvalue weighted by molar-refractivity contribution is 5.96. The fourth-order valence-electron chi connectivity index (χ4n) is 3.10. The van der Waals surface area contributed by atoms with Gasteiger partial charge < -0.3 is 4.84 Å². The molecule has 0 saturated heterocycles. The summed E-state index contributed by atoms with van der Waals surface area (Å²) >= 11 is 0. The second kappa shape index (κ2) is 9.07. The Hall–Kier alpha value is -3.56. The van der Waals surface area contributed by atoms with Crippen molar-refractivity contribution in [1.82, 2.24) is 24.8 Å². The Morgan fingerprint density at radius 1 is 1.16 bits per heavy atom. The average molecular weight is 428 g/mol. The molecule has 0 bridgehead atoms. The number of benzene rings is 1. The van der Waals surface area contributed by atoms with E-state index in [0.717, 1.165) is 0 Å². The average Bonchev–Trinajstić information content (AvgIpc) is 3.18. The third-order valence-electron chi connectivity index (χ3n) is 4.75. The van der Waals surface area contributed by atoms with Crippen molar-refractivity contribution in [2.75, 3.05) is 13.3 Å². The third kappa shape index (κ3) is 4.32. The standard InChI is InChI=1S/C21H19F3N6O/c1-13(29-31-10-3-2-8-22)17-6-7-19-26-27-20(30(19)28-17)11-15-16(23)12-18-14(21(15)24)5-4-9-25-18/h4-7,9,12H,2-3,8,10-11H2,1H3/b29-13-. The smallest absolute Gasteiger partial charge is 0.177 e. The van der Waals surface area contributed by atoms with E-state index in [1.807, 2.05) is 0 Å². The van der Waals surface area contributed by atoms with Gasteiger partial charge in [0.2, 0.25) is 0 Å². The molecule has 4 aromatic rings. The SMILES string of the molecule is C/C(=N/OCCCCF)c1ccc2nnc(Cc3c(F)cc4ncccc4c3F)n2n1. The number of oxime groups is 1. The summed E-state index contributed by atoms with van der Waals surface area (Å²) in [5, 5.41) is 16.7. The fraction of sp³-hybridized carbons (Fsp3) is 0.286. The fourth-order valence-corrected chi connectivity index (χ4v) is 3.10. The zero-order chi connectivity index (χ0) is 21.8. The van der Waals surface area contributed by atoms with E-state index in [9.17, 15) is 13.2 Å². The van der Waals surface area contributed by atoms with Gasteiger partial charge in [-0.3, -0.25) is 9.37 Å². The van der Waals surface area contributed by atoms with Crippen LogP contribution in [-0.4, -0.2) is 43.8 Å². The summed E-state index contributed by atoms with van der Waals surface area (Å²) in [6.45, 7) is 1.62. The first-order valence-electron chi connectivity index (χ1n) is 9.74. The Labute approximate surface area is 175 Å². The number of unbranched alkanes of at least 4 members (excludes halogenated alkanes) is 1. The van der Waals surface area contributed by atoms with Crippen molar-refractivity contribution in [2.24, 2.45) is 5.16 Å². The number of pyridine rings is 1. The number of rotatable bonds is 8. The van der Waals surface area contributed by atoms with Crippen molar-refractivity contribution in [3.05, 3.63) is 65.2 Å². The lowest BCUT2D eigenvalue weighted by molar-refractivity contribution is 0.138. The van der Waals surface area contributed by atoms with Crippen LogP contribution in [0.4, 0.5) is 13.2 Å². The van der Waals surface area contributed by atoms with Crippen molar-refractivity contribution >= 4 is 22.3 Å². The molecule has 7 nitrogen and oxygen atoms in total. The van der Waals surface area contributed by atoms with Crippen LogP contribution in [0.3, 0.4) is 0 Å². The van der Waals surface area contributed by atoms with Gasteiger partial charge in [0.1, 0.15) is 29.6 Å². The van der Waals surface area contributed by atoms with Crippen molar-refractivity contribution in [1.29, 1.82) is 0 Å². The van der Waals surface area contributed by atoms with Gasteiger partial charge in [-0.1, -0.05) is 5.16 Å². The van der Waals surface area contributed by atoms with Crippen molar-refractivity contribution < 1.29 is 18.0 Å². The molecule has 3 aromatic heterocycles. The first kappa shape index (κ1) is 20.7. The zero-order valence-corrected chi connectivity index (χ0v) is 16.7. The highest BCUT2D eigenvalue weighted by Gasteiger charge is 2.18. The van der Waals surface area contributed by atoms with Gasteiger partial charge in [-0.25, -0.2) is 8.78 Å². The van der Waals surface area contributed by atoms with Crippen LogP contribution in [0.2, 0.25) is 0 Å². The molecule has 1 aromatic carbocycles. The summed E-state index contributed by atoms with van der Waals surface area (Å²) in [4.78, 5) is 9.17. The normalized spacial score (nSPS) is 12.1. The molecule has 0 aliphatic carbocycles. The van der Waals surface area contributed by atoms with Crippen LogP contribution in [0.1, 0.15) is 36.8 Å². The minimum Gasteiger partial charge on any atom is -0.396 e. The molecule has 3 heterocycles. The maximum atomic E-state index is 14.9. The Balaban J connectivity index is 1.63. The quantitative estimate of drug-likeness (QED) is 0.241. The van der Waals surface area contributed by atoms with Crippen LogP contribution in [0.25, 0.3) is 16.6 Å². The van der Waals surface area contributed by atoms with Crippen LogP contribution in [0, 0.1) is 11.6 Å². The highest BCUT2D eigenvalue weighted by Crippen LogP contribution is 2.24. The second-order valence-electron chi connectivity index (χ2n) is 6.91. The molecule has 31 heavy (non-hydrogen) atoms. The number of hydrogen-bond acceptors (Lipinski definition) is 6. The molecule has 0 radical (unpaired) electrons. The third-order valence-corrected chi connectivity index (χ3v) is 4.75. The molecule has 0 fully saturated rings. The van der Waals surface area contributed by atoms with Crippen molar-refractivity contribution in [2.45, 2.75) is 26.2 Å². The van der Waals surface area contributed by atoms with E-state index in [2.05, 4.69) is 25.4 Å². The number of fused-ring (bicyclic) bond motifs is 2. The molecule has 0 aliphatic rings. The number of nitrogens with zero attached hydrogens (tertiary/aromatic N) is 6. The van der Waals surface area contributed by atoms with Gasteiger partial charge >= 0.3 is 0 Å². The summed E-state index contributed by atoms with van der Waals surface area (Å²) in [6.07, 6.45) is 2.32. The van der Waals surface area contributed by atoms with E-state index in [-0.39, 0.29) is 28.7 Å². The molecule has 0 aliphatic heterocycles. The zero-order valence-electron chi connectivity index (χ0n) is 16.7. The predicted octanol–water partition coefficient (Wildman–Crippen LogP) is 4.03. The second-order valence-corrected chi connectivity index (χ2v) is 6.91. The van der Waals surface area contributed by atoms with E-state index in [0.29, 0.717) is 36.5 Å². The van der Waals surface area contributed by atoms with Gasteiger partial charge in [0.25, 0.3) is 0 Å². The topological polar surface area (TPSA) is 77.6 Å². The molecule has 0 spiro atoms. The number of aromatic nitrogens is 5. The highest BCUT2D eigenvalue weighted by atomic mass is 19.1. The summed E-state index contributed by atoms with van der Waals surface area (Å²) < 4.78 is 43.1. The van der Waals surface area contributed by atoms with E-state index >= 15 is 0 Å². The molecule has 160 valence electrons. The summed E-state index contributed by atoms with van der Waals surface area (Å²) in [7, 11) is 0. The molecular formula is C21H19F3N6O. The van der Waals surface area contributed by atoms with E-state index in [1.54, 1.807) is 31.2 Å². The Morgan fingerprint density at radius 2 is 2.03 bits per heavy atom. The van der Waals surface area contributed by atoms with Gasteiger partial charge in [0.15, 0.2) is 11.5 Å². The largest absolute Gasteiger partial charge is 0.396 e. The number of hydrogen-bond donors (Lipinski definition) is 0. The maximum Gasteiger partial charge on any atom is 0.177 e. The van der Waals surface area contributed by atoms with Gasteiger partial charge in [0, 0.05) is 29.6 Å². The Morgan fingerprint density at radius 3 is 2.87 bits per heavy atom. The number of alkyl halides is 1. The number of halogens is 3. The van der Waals surface area contributed by atoms with Crippen LogP contribution in [0.15, 0.2) is 41.7 Å². The molecule has 10 heteroatoms. The first-order chi connectivity index (χ1) is 15.1. The van der Waals surface area contributed by atoms with Crippen LogP contribution >= 0.6 is 0 Å². The molecule has 0 atom stereocenters. The lowest BCUT2D eigenvalue weighted by Crippen LogP contribution is -2.08. The van der Waals surface area contributed by atoms with E-state index in [1.165, 1.54) is 16.8 Å². The van der Waals surface area contributed by atoms with E-state index in [4.69, 9.17) is 4.84 Å². The van der Waals surface area contributed by atoms with E-state index < -0.39 is 18.3 Å². The van der Waals surface area contributed by atoms with Crippen molar-refractivity contribution in [3.63, 3.8) is 0 Å². The summed E-state index contributed by atoms with van der Waals surface area (Å²) in [6, 6.07) is 7.72.